The number of hydrogen-bond acceptors (Lipinski definition) is 5. The summed E-state index contributed by atoms with van der Waals surface area (Å²) in [6.45, 7) is 7.02. The molecule has 0 bridgehead atoms. The fraction of sp³-hybridized carbons (Fsp3) is 0.368. The van der Waals surface area contributed by atoms with Crippen LogP contribution in [0.2, 0.25) is 0 Å². The Morgan fingerprint density at radius 3 is 2.81 bits per heavy atom. The standard InChI is InChI=1S/C19H22N4O2S/c1-19(2,3)15-10-26-18-21-17(13(8-20)23(15)18)11-5-6-14-12(7-11)22(4)16(24)9-25-14/h5-7,10H,8-9,20H2,1-4H3. The van der Waals surface area contributed by atoms with Crippen molar-refractivity contribution in [3.8, 4) is 17.0 Å². The zero-order chi connectivity index (χ0) is 18.6. The Morgan fingerprint density at radius 1 is 1.35 bits per heavy atom. The third kappa shape index (κ3) is 2.50. The molecule has 136 valence electrons. The van der Waals surface area contributed by atoms with Crippen molar-refractivity contribution < 1.29 is 9.53 Å². The summed E-state index contributed by atoms with van der Waals surface area (Å²) in [6, 6.07) is 5.83. The second kappa shape index (κ2) is 5.82. The van der Waals surface area contributed by atoms with E-state index >= 15 is 0 Å². The fourth-order valence-corrected chi connectivity index (χ4v) is 4.41. The van der Waals surface area contributed by atoms with Gasteiger partial charge in [0.1, 0.15) is 5.75 Å². The van der Waals surface area contributed by atoms with Gasteiger partial charge in [0.05, 0.1) is 17.1 Å². The van der Waals surface area contributed by atoms with Gasteiger partial charge in [0.15, 0.2) is 11.6 Å². The summed E-state index contributed by atoms with van der Waals surface area (Å²) >= 11 is 1.62. The quantitative estimate of drug-likeness (QED) is 0.752. The summed E-state index contributed by atoms with van der Waals surface area (Å²) in [5.74, 6) is 0.649. The van der Waals surface area contributed by atoms with Crippen molar-refractivity contribution in [3.63, 3.8) is 0 Å². The first-order valence-corrected chi connectivity index (χ1v) is 9.42. The van der Waals surface area contributed by atoms with Crippen LogP contribution < -0.4 is 15.4 Å². The first-order valence-electron chi connectivity index (χ1n) is 8.54. The maximum atomic E-state index is 11.9. The summed E-state index contributed by atoms with van der Waals surface area (Å²) in [4.78, 5) is 19.3. The number of aromatic nitrogens is 2. The van der Waals surface area contributed by atoms with E-state index in [0.29, 0.717) is 12.3 Å². The highest BCUT2D eigenvalue weighted by molar-refractivity contribution is 7.15. The number of nitrogens with zero attached hydrogens (tertiary/aromatic N) is 3. The van der Waals surface area contributed by atoms with Crippen LogP contribution in [0.15, 0.2) is 23.6 Å². The average molecular weight is 370 g/mol. The lowest BCUT2D eigenvalue weighted by Crippen LogP contribution is -2.35. The first kappa shape index (κ1) is 17.1. The molecule has 2 N–H and O–H groups in total. The van der Waals surface area contributed by atoms with Crippen LogP contribution >= 0.6 is 11.3 Å². The Bertz CT molecular complexity index is 1010. The van der Waals surface area contributed by atoms with Crippen LogP contribution in [-0.2, 0) is 16.8 Å². The Hall–Kier alpha value is -2.38. The number of hydrogen-bond donors (Lipinski definition) is 1. The lowest BCUT2D eigenvalue weighted by molar-refractivity contribution is -0.120. The van der Waals surface area contributed by atoms with Gasteiger partial charge in [0.25, 0.3) is 5.91 Å². The molecular weight excluding hydrogens is 348 g/mol. The number of imidazole rings is 1. The Balaban J connectivity index is 1.90. The van der Waals surface area contributed by atoms with E-state index in [1.165, 1.54) is 5.69 Å². The molecule has 3 heterocycles. The maximum Gasteiger partial charge on any atom is 0.264 e. The number of likely N-dealkylation sites (N-methyl/N-ethyl adjacent to an activating group) is 1. The van der Waals surface area contributed by atoms with Gasteiger partial charge in [-0.15, -0.1) is 11.3 Å². The van der Waals surface area contributed by atoms with Gasteiger partial charge in [-0.3, -0.25) is 9.20 Å². The molecule has 0 fully saturated rings. The molecule has 6 nitrogen and oxygen atoms in total. The van der Waals surface area contributed by atoms with Crippen LogP contribution in [0.3, 0.4) is 0 Å². The number of carbonyl (C=O) groups is 1. The van der Waals surface area contributed by atoms with E-state index in [2.05, 4.69) is 30.6 Å². The zero-order valence-corrected chi connectivity index (χ0v) is 16.2. The average Bonchev–Trinajstić information content (AvgIpc) is 3.16. The number of ether oxygens (including phenoxy) is 1. The third-order valence-electron chi connectivity index (χ3n) is 4.74. The number of thiazole rings is 1. The minimum absolute atomic E-state index is 0.00350. The van der Waals surface area contributed by atoms with Crippen LogP contribution in [0.1, 0.15) is 32.2 Å². The van der Waals surface area contributed by atoms with E-state index in [9.17, 15) is 4.79 Å². The highest BCUT2D eigenvalue weighted by Gasteiger charge is 2.26. The molecule has 3 aromatic rings. The number of anilines is 1. The summed E-state index contributed by atoms with van der Waals surface area (Å²) in [5.41, 5.74) is 10.8. The predicted molar refractivity (Wildman–Crippen MR) is 104 cm³/mol. The molecule has 1 aliphatic rings. The smallest absolute Gasteiger partial charge is 0.264 e. The Morgan fingerprint density at radius 2 is 2.12 bits per heavy atom. The van der Waals surface area contributed by atoms with Gasteiger partial charge < -0.3 is 15.4 Å². The molecule has 1 aromatic carbocycles. The van der Waals surface area contributed by atoms with Crippen molar-refractivity contribution in [1.82, 2.24) is 9.38 Å². The van der Waals surface area contributed by atoms with Crippen molar-refractivity contribution in [1.29, 1.82) is 0 Å². The lowest BCUT2D eigenvalue weighted by Gasteiger charge is -2.26. The van der Waals surface area contributed by atoms with Crippen molar-refractivity contribution in [2.75, 3.05) is 18.6 Å². The lowest BCUT2D eigenvalue weighted by atomic mass is 9.93. The van der Waals surface area contributed by atoms with E-state index in [-0.39, 0.29) is 17.9 Å². The summed E-state index contributed by atoms with van der Waals surface area (Å²) in [5, 5.41) is 2.15. The second-order valence-electron chi connectivity index (χ2n) is 7.52. The second-order valence-corrected chi connectivity index (χ2v) is 8.36. The third-order valence-corrected chi connectivity index (χ3v) is 5.57. The molecule has 2 aromatic heterocycles. The minimum Gasteiger partial charge on any atom is -0.482 e. The number of nitrogens with two attached hydrogens (primary N) is 1. The molecular formula is C19H22N4O2S. The van der Waals surface area contributed by atoms with Gasteiger partial charge >= 0.3 is 0 Å². The van der Waals surface area contributed by atoms with Gasteiger partial charge in [-0.25, -0.2) is 4.98 Å². The van der Waals surface area contributed by atoms with Gasteiger partial charge in [-0.2, -0.15) is 0 Å². The molecule has 0 atom stereocenters. The molecule has 0 aliphatic carbocycles. The summed E-state index contributed by atoms with van der Waals surface area (Å²) < 4.78 is 7.69. The fourth-order valence-electron chi connectivity index (χ4n) is 3.27. The Labute approximate surface area is 156 Å². The van der Waals surface area contributed by atoms with E-state index in [0.717, 1.165) is 27.6 Å². The van der Waals surface area contributed by atoms with Gasteiger partial charge in [-0.05, 0) is 18.2 Å². The molecule has 26 heavy (non-hydrogen) atoms. The molecule has 0 saturated heterocycles. The van der Waals surface area contributed by atoms with Crippen LogP contribution in [0, 0.1) is 0 Å². The highest BCUT2D eigenvalue weighted by Crippen LogP contribution is 2.38. The highest BCUT2D eigenvalue weighted by atomic mass is 32.1. The molecule has 4 rings (SSSR count). The van der Waals surface area contributed by atoms with Crippen LogP contribution in [0.4, 0.5) is 5.69 Å². The molecule has 0 radical (unpaired) electrons. The molecule has 0 saturated carbocycles. The monoisotopic (exact) mass is 370 g/mol. The van der Waals surface area contributed by atoms with Crippen molar-refractivity contribution in [3.05, 3.63) is 35.0 Å². The van der Waals surface area contributed by atoms with Crippen molar-refractivity contribution in [2.45, 2.75) is 32.7 Å². The molecule has 1 amide bonds. The van der Waals surface area contributed by atoms with Crippen molar-refractivity contribution in [2.24, 2.45) is 5.73 Å². The van der Waals surface area contributed by atoms with E-state index in [4.69, 9.17) is 15.5 Å². The number of carbonyl (C=O) groups excluding carboxylic acids is 1. The van der Waals surface area contributed by atoms with Gasteiger partial charge in [-0.1, -0.05) is 20.8 Å². The van der Waals surface area contributed by atoms with E-state index in [1.807, 2.05) is 18.2 Å². The topological polar surface area (TPSA) is 72.9 Å². The molecule has 7 heteroatoms. The number of fused-ring (bicyclic) bond motifs is 2. The van der Waals surface area contributed by atoms with Crippen LogP contribution in [-0.4, -0.2) is 28.9 Å². The number of benzene rings is 1. The number of amides is 1. The Kier molecular flexibility index (Phi) is 3.82. The summed E-state index contributed by atoms with van der Waals surface area (Å²) in [6.07, 6.45) is 0. The van der Waals surface area contributed by atoms with Crippen molar-refractivity contribution >= 4 is 27.9 Å². The normalized spacial score (nSPS) is 14.7. The van der Waals surface area contributed by atoms with Gasteiger partial charge in [0.2, 0.25) is 0 Å². The SMILES string of the molecule is CN1C(=O)COc2ccc(-c3nc4scc(C(C)(C)C)n4c3CN)cc21. The van der Waals surface area contributed by atoms with Gasteiger partial charge in [0, 0.05) is 35.6 Å². The minimum atomic E-state index is -0.0606. The molecule has 1 aliphatic heterocycles. The van der Waals surface area contributed by atoms with E-state index in [1.54, 1.807) is 23.3 Å². The van der Waals surface area contributed by atoms with Crippen LogP contribution in [0.5, 0.6) is 5.75 Å². The maximum absolute atomic E-state index is 11.9. The number of rotatable bonds is 2. The van der Waals surface area contributed by atoms with E-state index < -0.39 is 0 Å². The zero-order valence-electron chi connectivity index (χ0n) is 15.4. The first-order chi connectivity index (χ1) is 12.3. The largest absolute Gasteiger partial charge is 0.482 e. The molecule has 0 spiro atoms. The van der Waals surface area contributed by atoms with Crippen LogP contribution in [0.25, 0.3) is 16.2 Å². The summed E-state index contributed by atoms with van der Waals surface area (Å²) in [7, 11) is 1.76. The predicted octanol–water partition coefficient (Wildman–Crippen LogP) is 3.17. The molecule has 0 unspecified atom stereocenters.